The van der Waals surface area contributed by atoms with Crippen molar-refractivity contribution in [1.82, 2.24) is 10.2 Å². The van der Waals surface area contributed by atoms with E-state index in [9.17, 15) is 18.4 Å². The number of halogens is 2. The topological polar surface area (TPSA) is 58.6 Å². The fraction of sp³-hybridized carbons (Fsp3) is 0.548. The van der Waals surface area contributed by atoms with Gasteiger partial charge in [0, 0.05) is 26.1 Å². The Hall–Kier alpha value is -2.96. The number of carbonyl (C=O) groups excluding carboxylic acids is 2. The summed E-state index contributed by atoms with van der Waals surface area (Å²) < 4.78 is 32.5. The molecule has 1 N–H and O–H groups in total. The third-order valence-electron chi connectivity index (χ3n) is 7.24. The van der Waals surface area contributed by atoms with E-state index in [-0.39, 0.29) is 35.3 Å². The molecule has 0 radical (unpaired) electrons. The molecule has 1 atom stereocenters. The predicted molar refractivity (Wildman–Crippen MR) is 146 cm³/mol. The average molecular weight is 529 g/mol. The predicted octanol–water partition coefficient (Wildman–Crippen LogP) is 7.06. The first-order chi connectivity index (χ1) is 18.0. The second-order valence-electron chi connectivity index (χ2n) is 11.5. The van der Waals surface area contributed by atoms with E-state index in [2.05, 4.69) is 5.32 Å². The average Bonchev–Trinajstić information content (AvgIpc) is 2.88. The van der Waals surface area contributed by atoms with E-state index in [1.54, 1.807) is 31.3 Å². The summed E-state index contributed by atoms with van der Waals surface area (Å²) in [6.45, 7) is 6.29. The van der Waals surface area contributed by atoms with E-state index >= 15 is 0 Å². The normalized spacial score (nSPS) is 15.2. The molecule has 0 spiro atoms. The molecule has 1 aliphatic rings. The Labute approximate surface area is 225 Å². The zero-order valence-electron chi connectivity index (χ0n) is 23.1. The van der Waals surface area contributed by atoms with Crippen LogP contribution in [0.4, 0.5) is 13.6 Å². The highest BCUT2D eigenvalue weighted by Gasteiger charge is 2.32. The fourth-order valence-electron chi connectivity index (χ4n) is 5.26. The van der Waals surface area contributed by atoms with Crippen molar-refractivity contribution >= 4 is 12.0 Å². The molecule has 2 amide bonds. The lowest BCUT2D eigenvalue weighted by Gasteiger charge is -2.33. The summed E-state index contributed by atoms with van der Waals surface area (Å²) in [7, 11) is 1.69. The van der Waals surface area contributed by atoms with Crippen molar-refractivity contribution in [2.75, 3.05) is 20.1 Å². The Morgan fingerprint density at radius 1 is 0.947 bits per heavy atom. The number of rotatable bonds is 10. The minimum absolute atomic E-state index is 0.0348. The summed E-state index contributed by atoms with van der Waals surface area (Å²) in [6.07, 6.45) is 6.33. The number of benzene rings is 2. The van der Waals surface area contributed by atoms with Crippen molar-refractivity contribution in [3.63, 3.8) is 0 Å². The second kappa shape index (κ2) is 13.7. The molecule has 0 aliphatic heterocycles. The minimum atomic E-state index is -0.598. The molecule has 208 valence electrons. The number of carbonyl (C=O) groups is 2. The molecule has 0 heterocycles. The first kappa shape index (κ1) is 29.6. The zero-order chi connectivity index (χ0) is 27.7. The Morgan fingerprint density at radius 3 is 1.97 bits per heavy atom. The monoisotopic (exact) mass is 528 g/mol. The van der Waals surface area contributed by atoms with Crippen LogP contribution in [0.15, 0.2) is 48.5 Å². The van der Waals surface area contributed by atoms with E-state index in [0.717, 1.165) is 36.8 Å². The van der Waals surface area contributed by atoms with Gasteiger partial charge in [-0.3, -0.25) is 4.79 Å². The van der Waals surface area contributed by atoms with Crippen LogP contribution < -0.4 is 5.32 Å². The second-order valence-corrected chi connectivity index (χ2v) is 11.5. The molecule has 0 bridgehead atoms. The molecule has 1 saturated carbocycles. The van der Waals surface area contributed by atoms with Gasteiger partial charge in [0.15, 0.2) is 0 Å². The molecule has 2 aromatic carbocycles. The Balaban J connectivity index is 1.62. The lowest BCUT2D eigenvalue weighted by molar-refractivity contribution is -0.127. The maximum atomic E-state index is 13.5. The highest BCUT2D eigenvalue weighted by molar-refractivity contribution is 5.80. The van der Waals surface area contributed by atoms with Crippen molar-refractivity contribution in [1.29, 1.82) is 0 Å². The highest BCUT2D eigenvalue weighted by atomic mass is 19.1. The van der Waals surface area contributed by atoms with E-state index in [1.165, 1.54) is 35.6 Å². The van der Waals surface area contributed by atoms with Gasteiger partial charge in [0.2, 0.25) is 5.91 Å². The van der Waals surface area contributed by atoms with Crippen molar-refractivity contribution < 1.29 is 23.1 Å². The quantitative estimate of drug-likeness (QED) is 0.336. The van der Waals surface area contributed by atoms with Gasteiger partial charge in [0.1, 0.15) is 17.2 Å². The molecule has 38 heavy (non-hydrogen) atoms. The van der Waals surface area contributed by atoms with Crippen LogP contribution >= 0.6 is 0 Å². The van der Waals surface area contributed by atoms with E-state index in [0.29, 0.717) is 25.9 Å². The van der Waals surface area contributed by atoms with E-state index in [1.807, 2.05) is 20.8 Å². The summed E-state index contributed by atoms with van der Waals surface area (Å²) in [5.74, 6) is -0.737. The zero-order valence-corrected chi connectivity index (χ0v) is 23.1. The molecule has 0 saturated heterocycles. The van der Waals surface area contributed by atoms with Crippen LogP contribution in [0, 0.1) is 23.5 Å². The van der Waals surface area contributed by atoms with Gasteiger partial charge < -0.3 is 15.0 Å². The van der Waals surface area contributed by atoms with Crippen LogP contribution in [0.2, 0.25) is 0 Å². The Bertz CT molecular complexity index is 983. The first-order valence-corrected chi connectivity index (χ1v) is 13.8. The molecular weight excluding hydrogens is 486 g/mol. The van der Waals surface area contributed by atoms with Gasteiger partial charge in [-0.15, -0.1) is 0 Å². The largest absolute Gasteiger partial charge is 0.444 e. The SMILES string of the molecule is CN(C[C@H](C(=O)NCCCC(c1ccc(F)cc1)c1ccc(F)cc1)C1CCCCC1)C(=O)OC(C)(C)C. The van der Waals surface area contributed by atoms with Crippen LogP contribution in [0.5, 0.6) is 0 Å². The van der Waals surface area contributed by atoms with Crippen molar-refractivity contribution in [2.45, 2.75) is 77.2 Å². The molecule has 1 aliphatic carbocycles. The third-order valence-corrected chi connectivity index (χ3v) is 7.24. The first-order valence-electron chi connectivity index (χ1n) is 13.8. The Kier molecular flexibility index (Phi) is 10.7. The van der Waals surface area contributed by atoms with Crippen LogP contribution in [0.25, 0.3) is 0 Å². The number of nitrogens with one attached hydrogen (secondary N) is 1. The highest BCUT2D eigenvalue weighted by Crippen LogP contribution is 2.32. The summed E-state index contributed by atoms with van der Waals surface area (Å²) in [6, 6.07) is 12.8. The number of amides is 2. The van der Waals surface area contributed by atoms with Crippen LogP contribution in [0.3, 0.4) is 0 Å². The van der Waals surface area contributed by atoms with Crippen LogP contribution in [0.1, 0.15) is 82.8 Å². The number of ether oxygens (including phenoxy) is 1. The van der Waals surface area contributed by atoms with Crippen molar-refractivity contribution in [2.24, 2.45) is 11.8 Å². The lowest BCUT2D eigenvalue weighted by Crippen LogP contribution is -2.45. The lowest BCUT2D eigenvalue weighted by atomic mass is 9.79. The van der Waals surface area contributed by atoms with Gasteiger partial charge >= 0.3 is 6.09 Å². The molecule has 1 fully saturated rings. The van der Waals surface area contributed by atoms with Crippen LogP contribution in [-0.4, -0.2) is 42.6 Å². The number of nitrogens with zero attached hydrogens (tertiary/aromatic N) is 1. The molecule has 5 nitrogen and oxygen atoms in total. The smallest absolute Gasteiger partial charge is 0.410 e. The van der Waals surface area contributed by atoms with Gasteiger partial charge in [-0.2, -0.15) is 0 Å². The molecule has 2 aromatic rings. The summed E-state index contributed by atoms with van der Waals surface area (Å²) in [5, 5.41) is 3.11. The van der Waals surface area contributed by atoms with Gasteiger partial charge in [0.05, 0.1) is 5.92 Å². The fourth-order valence-corrected chi connectivity index (χ4v) is 5.26. The molecular formula is C31H42F2N2O3. The third kappa shape index (κ3) is 9.10. The van der Waals surface area contributed by atoms with Gasteiger partial charge in [-0.05, 0) is 87.8 Å². The molecule has 3 rings (SSSR count). The molecule has 7 heteroatoms. The van der Waals surface area contributed by atoms with Gasteiger partial charge in [0.25, 0.3) is 0 Å². The van der Waals surface area contributed by atoms with E-state index < -0.39 is 11.7 Å². The van der Waals surface area contributed by atoms with Crippen molar-refractivity contribution in [3.05, 3.63) is 71.3 Å². The maximum Gasteiger partial charge on any atom is 0.410 e. The number of hydrogen-bond donors (Lipinski definition) is 1. The summed E-state index contributed by atoms with van der Waals surface area (Å²) >= 11 is 0. The van der Waals surface area contributed by atoms with Gasteiger partial charge in [-0.1, -0.05) is 43.5 Å². The van der Waals surface area contributed by atoms with Gasteiger partial charge in [-0.25, -0.2) is 13.6 Å². The maximum absolute atomic E-state index is 13.5. The van der Waals surface area contributed by atoms with E-state index in [4.69, 9.17) is 4.74 Å². The summed E-state index contributed by atoms with van der Waals surface area (Å²) in [5.41, 5.74) is 1.30. The Morgan fingerprint density at radius 2 is 1.47 bits per heavy atom. The summed E-state index contributed by atoms with van der Waals surface area (Å²) in [4.78, 5) is 27.5. The number of hydrogen-bond acceptors (Lipinski definition) is 3. The molecule has 0 aromatic heterocycles. The van der Waals surface area contributed by atoms with Crippen molar-refractivity contribution in [3.8, 4) is 0 Å². The minimum Gasteiger partial charge on any atom is -0.444 e. The van der Waals surface area contributed by atoms with Crippen LogP contribution in [-0.2, 0) is 9.53 Å². The molecule has 0 unspecified atom stereocenters. The standard InChI is InChI=1S/C31H42F2N2O3/c1-31(2,3)38-30(37)35(4)21-28(22-9-6-5-7-10-22)29(36)34-20-8-11-27(23-12-16-25(32)17-13-23)24-14-18-26(33)19-15-24/h12-19,22,27-28H,5-11,20-21H2,1-4H3,(H,34,36)/t28-/m0/s1.